The van der Waals surface area contributed by atoms with Gasteiger partial charge in [-0.05, 0) is 23.3 Å². The van der Waals surface area contributed by atoms with Crippen molar-refractivity contribution in [1.29, 1.82) is 0 Å². The molecule has 1 aromatic heterocycles. The molecule has 100 valence electrons. The van der Waals surface area contributed by atoms with Crippen LogP contribution in [0, 0.1) is 0 Å². The summed E-state index contributed by atoms with van der Waals surface area (Å²) in [5.41, 5.74) is 8.43. The summed E-state index contributed by atoms with van der Waals surface area (Å²) in [5, 5.41) is 0.647. The third-order valence-electron chi connectivity index (χ3n) is 3.34. The molecule has 20 heavy (non-hydrogen) atoms. The van der Waals surface area contributed by atoms with Crippen LogP contribution in [0.4, 0.5) is 0 Å². The molecule has 0 atom stereocenters. The highest BCUT2D eigenvalue weighted by molar-refractivity contribution is 5.76. The average Bonchev–Trinajstić information content (AvgIpc) is 2.51. The number of benzene rings is 2. The fourth-order valence-corrected chi connectivity index (χ4v) is 2.20. The van der Waals surface area contributed by atoms with Gasteiger partial charge in [-0.3, -0.25) is 9.36 Å². The fraction of sp³-hybridized carbons (Fsp3) is 0.125. The van der Waals surface area contributed by atoms with Crippen LogP contribution in [-0.2, 0) is 13.1 Å². The Balaban J connectivity index is 1.98. The van der Waals surface area contributed by atoms with Crippen LogP contribution in [0.5, 0.6) is 0 Å². The van der Waals surface area contributed by atoms with Crippen LogP contribution >= 0.6 is 0 Å². The lowest BCUT2D eigenvalue weighted by molar-refractivity contribution is 0.748. The van der Waals surface area contributed by atoms with Gasteiger partial charge in [-0.1, -0.05) is 36.4 Å². The number of fused-ring (bicyclic) bond motifs is 1. The second kappa shape index (κ2) is 5.27. The van der Waals surface area contributed by atoms with E-state index < -0.39 is 0 Å². The van der Waals surface area contributed by atoms with Crippen molar-refractivity contribution in [2.75, 3.05) is 0 Å². The highest BCUT2D eigenvalue weighted by Crippen LogP contribution is 2.08. The maximum atomic E-state index is 12.4. The molecule has 0 fully saturated rings. The van der Waals surface area contributed by atoms with E-state index in [-0.39, 0.29) is 5.56 Å². The number of para-hydroxylation sites is 1. The van der Waals surface area contributed by atoms with E-state index in [4.69, 9.17) is 5.73 Å². The summed E-state index contributed by atoms with van der Waals surface area (Å²) in [6.45, 7) is 1.04. The van der Waals surface area contributed by atoms with Crippen molar-refractivity contribution in [3.63, 3.8) is 0 Å². The fourth-order valence-electron chi connectivity index (χ4n) is 2.20. The molecule has 3 rings (SSSR count). The van der Waals surface area contributed by atoms with E-state index in [1.54, 1.807) is 17.0 Å². The first-order valence-electron chi connectivity index (χ1n) is 6.50. The smallest absolute Gasteiger partial charge is 0.261 e. The third-order valence-corrected chi connectivity index (χ3v) is 3.34. The second-order valence-electron chi connectivity index (χ2n) is 4.72. The lowest BCUT2D eigenvalue weighted by atomic mass is 10.1. The van der Waals surface area contributed by atoms with E-state index in [1.807, 2.05) is 42.5 Å². The van der Waals surface area contributed by atoms with E-state index in [0.29, 0.717) is 18.5 Å². The minimum absolute atomic E-state index is 0.0153. The standard InChI is InChI=1S/C16H15N3O/c17-9-12-5-7-13(8-6-12)10-19-11-18-15-4-2-1-3-14(15)16(19)20/h1-8,11H,9-10,17H2. The zero-order valence-electron chi connectivity index (χ0n) is 11.0. The molecule has 0 radical (unpaired) electrons. The SMILES string of the molecule is NCc1ccc(Cn2cnc3ccccc3c2=O)cc1. The summed E-state index contributed by atoms with van der Waals surface area (Å²) >= 11 is 0. The van der Waals surface area contributed by atoms with Gasteiger partial charge in [0.05, 0.1) is 23.8 Å². The Labute approximate surface area is 116 Å². The van der Waals surface area contributed by atoms with Crippen LogP contribution < -0.4 is 11.3 Å². The van der Waals surface area contributed by atoms with Crippen LogP contribution in [-0.4, -0.2) is 9.55 Å². The molecule has 0 bridgehead atoms. The Hall–Kier alpha value is -2.46. The molecule has 0 aliphatic carbocycles. The molecule has 0 amide bonds. The van der Waals surface area contributed by atoms with Crippen LogP contribution in [0.15, 0.2) is 59.7 Å². The molecule has 2 N–H and O–H groups in total. The number of hydrogen-bond donors (Lipinski definition) is 1. The molecule has 1 heterocycles. The number of nitrogens with two attached hydrogens (primary N) is 1. The highest BCUT2D eigenvalue weighted by atomic mass is 16.1. The van der Waals surface area contributed by atoms with Gasteiger partial charge in [0.1, 0.15) is 0 Å². The lowest BCUT2D eigenvalue weighted by Crippen LogP contribution is -2.21. The first-order chi connectivity index (χ1) is 9.78. The number of rotatable bonds is 3. The zero-order chi connectivity index (χ0) is 13.9. The summed E-state index contributed by atoms with van der Waals surface area (Å²) in [5.74, 6) is 0. The highest BCUT2D eigenvalue weighted by Gasteiger charge is 2.03. The van der Waals surface area contributed by atoms with Crippen molar-refractivity contribution in [1.82, 2.24) is 9.55 Å². The van der Waals surface area contributed by atoms with Crippen molar-refractivity contribution in [3.05, 3.63) is 76.3 Å². The zero-order valence-corrected chi connectivity index (χ0v) is 11.0. The van der Waals surface area contributed by atoms with Gasteiger partial charge in [-0.2, -0.15) is 0 Å². The van der Waals surface area contributed by atoms with Gasteiger partial charge in [-0.15, -0.1) is 0 Å². The maximum absolute atomic E-state index is 12.4. The van der Waals surface area contributed by atoms with E-state index in [1.165, 1.54) is 0 Å². The summed E-state index contributed by atoms with van der Waals surface area (Å²) < 4.78 is 1.62. The van der Waals surface area contributed by atoms with E-state index in [0.717, 1.165) is 16.6 Å². The predicted molar refractivity (Wildman–Crippen MR) is 79.4 cm³/mol. The van der Waals surface area contributed by atoms with E-state index >= 15 is 0 Å². The van der Waals surface area contributed by atoms with Gasteiger partial charge in [-0.25, -0.2) is 4.98 Å². The van der Waals surface area contributed by atoms with Crippen molar-refractivity contribution in [2.45, 2.75) is 13.1 Å². The molecule has 0 spiro atoms. The summed E-state index contributed by atoms with van der Waals surface area (Å²) in [6.07, 6.45) is 1.60. The van der Waals surface area contributed by atoms with Gasteiger partial charge in [0.2, 0.25) is 0 Å². The summed E-state index contributed by atoms with van der Waals surface area (Å²) in [4.78, 5) is 16.7. The van der Waals surface area contributed by atoms with Crippen LogP contribution in [0.3, 0.4) is 0 Å². The normalized spacial score (nSPS) is 10.8. The molecular weight excluding hydrogens is 250 g/mol. The molecule has 3 aromatic rings. The van der Waals surface area contributed by atoms with Gasteiger partial charge < -0.3 is 5.73 Å². The van der Waals surface area contributed by atoms with E-state index in [2.05, 4.69) is 4.98 Å². The maximum Gasteiger partial charge on any atom is 0.261 e. The first kappa shape index (κ1) is 12.6. The minimum Gasteiger partial charge on any atom is -0.326 e. The molecule has 0 saturated carbocycles. The molecule has 0 aliphatic rings. The lowest BCUT2D eigenvalue weighted by Gasteiger charge is -2.07. The molecule has 2 aromatic carbocycles. The molecule has 0 saturated heterocycles. The van der Waals surface area contributed by atoms with Crippen molar-refractivity contribution < 1.29 is 0 Å². The largest absolute Gasteiger partial charge is 0.326 e. The van der Waals surface area contributed by atoms with Crippen LogP contribution in [0.25, 0.3) is 10.9 Å². The Kier molecular flexibility index (Phi) is 3.31. The van der Waals surface area contributed by atoms with Gasteiger partial charge in [0, 0.05) is 6.54 Å². The van der Waals surface area contributed by atoms with Crippen molar-refractivity contribution in [3.8, 4) is 0 Å². The number of nitrogens with zero attached hydrogens (tertiary/aromatic N) is 2. The van der Waals surface area contributed by atoms with Gasteiger partial charge in [0.25, 0.3) is 5.56 Å². The molecular formula is C16H15N3O. The van der Waals surface area contributed by atoms with Gasteiger partial charge in [0.15, 0.2) is 0 Å². The van der Waals surface area contributed by atoms with Crippen molar-refractivity contribution >= 4 is 10.9 Å². The summed E-state index contributed by atoms with van der Waals surface area (Å²) in [6, 6.07) is 15.3. The third kappa shape index (κ3) is 2.33. The Morgan fingerprint density at radius 1 is 1.00 bits per heavy atom. The number of hydrogen-bond acceptors (Lipinski definition) is 3. The summed E-state index contributed by atoms with van der Waals surface area (Å²) in [7, 11) is 0. The molecule has 4 heteroatoms. The van der Waals surface area contributed by atoms with Crippen molar-refractivity contribution in [2.24, 2.45) is 5.73 Å². The van der Waals surface area contributed by atoms with Crippen LogP contribution in [0.1, 0.15) is 11.1 Å². The average molecular weight is 265 g/mol. The quantitative estimate of drug-likeness (QED) is 0.786. The molecule has 0 aliphatic heterocycles. The Morgan fingerprint density at radius 3 is 2.45 bits per heavy atom. The van der Waals surface area contributed by atoms with E-state index in [9.17, 15) is 4.79 Å². The second-order valence-corrected chi connectivity index (χ2v) is 4.72. The predicted octanol–water partition coefficient (Wildman–Crippen LogP) is 1.90. The van der Waals surface area contributed by atoms with Crippen LogP contribution in [0.2, 0.25) is 0 Å². The minimum atomic E-state index is -0.0153. The van der Waals surface area contributed by atoms with Gasteiger partial charge >= 0.3 is 0 Å². The Morgan fingerprint density at radius 2 is 1.70 bits per heavy atom. The monoisotopic (exact) mass is 265 g/mol. The number of aromatic nitrogens is 2. The molecule has 4 nitrogen and oxygen atoms in total. The topological polar surface area (TPSA) is 60.9 Å². The molecule has 0 unspecified atom stereocenters. The Bertz CT molecular complexity index is 791. The first-order valence-corrected chi connectivity index (χ1v) is 6.50.